The topological polar surface area (TPSA) is 32.3 Å². The first kappa shape index (κ1) is 13.8. The highest BCUT2D eigenvalue weighted by molar-refractivity contribution is 7.98. The lowest BCUT2D eigenvalue weighted by molar-refractivity contribution is 0.172. The van der Waals surface area contributed by atoms with Gasteiger partial charge in [-0.3, -0.25) is 0 Å². The van der Waals surface area contributed by atoms with Gasteiger partial charge in [0.05, 0.1) is 6.10 Å². The van der Waals surface area contributed by atoms with Crippen LogP contribution < -0.4 is 5.32 Å². The molecular formula is C12H18ClNOS. The zero-order valence-corrected chi connectivity index (χ0v) is 11.2. The molecule has 0 heterocycles. The van der Waals surface area contributed by atoms with Crippen LogP contribution in [0.4, 0.5) is 0 Å². The molecule has 0 aromatic heterocycles. The summed E-state index contributed by atoms with van der Waals surface area (Å²) in [5, 5.41) is 13.9. The summed E-state index contributed by atoms with van der Waals surface area (Å²) in [7, 11) is 0. The van der Waals surface area contributed by atoms with Crippen molar-refractivity contribution in [3.8, 4) is 0 Å². The summed E-state index contributed by atoms with van der Waals surface area (Å²) in [6.07, 6.45) is 1.61. The molecule has 0 saturated carbocycles. The van der Waals surface area contributed by atoms with Gasteiger partial charge in [0.15, 0.2) is 0 Å². The summed E-state index contributed by atoms with van der Waals surface area (Å²) in [5.41, 5.74) is 0.897. The van der Waals surface area contributed by atoms with Gasteiger partial charge in [0.2, 0.25) is 0 Å². The van der Waals surface area contributed by atoms with Gasteiger partial charge < -0.3 is 10.4 Å². The van der Waals surface area contributed by atoms with E-state index in [1.165, 1.54) is 0 Å². The largest absolute Gasteiger partial charge is 0.387 e. The van der Waals surface area contributed by atoms with Crippen molar-refractivity contribution >= 4 is 23.4 Å². The monoisotopic (exact) mass is 259 g/mol. The highest BCUT2D eigenvalue weighted by Crippen LogP contribution is 2.15. The molecule has 0 aliphatic rings. The van der Waals surface area contributed by atoms with E-state index in [1.54, 1.807) is 23.9 Å². The van der Waals surface area contributed by atoms with Crippen molar-refractivity contribution < 1.29 is 5.11 Å². The average molecular weight is 260 g/mol. The minimum atomic E-state index is -0.471. The third-order valence-corrected chi connectivity index (χ3v) is 3.42. The van der Waals surface area contributed by atoms with Gasteiger partial charge in [-0.2, -0.15) is 11.8 Å². The fourth-order valence-electron chi connectivity index (χ4n) is 1.42. The number of hydrogen-bond donors (Lipinski definition) is 2. The van der Waals surface area contributed by atoms with Crippen LogP contribution >= 0.6 is 23.4 Å². The normalized spacial score (nSPS) is 14.8. The van der Waals surface area contributed by atoms with E-state index in [-0.39, 0.29) is 0 Å². The first-order chi connectivity index (χ1) is 7.63. The van der Waals surface area contributed by atoms with E-state index in [1.807, 2.05) is 12.1 Å². The Hall–Kier alpha value is -0.220. The van der Waals surface area contributed by atoms with E-state index in [0.717, 1.165) is 11.3 Å². The van der Waals surface area contributed by atoms with Gasteiger partial charge in [-0.05, 0) is 30.9 Å². The molecule has 2 nitrogen and oxygen atoms in total. The Balaban J connectivity index is 2.40. The number of aliphatic hydroxyl groups excluding tert-OH is 1. The Morgan fingerprint density at radius 2 is 2.00 bits per heavy atom. The van der Waals surface area contributed by atoms with Gasteiger partial charge in [-0.25, -0.2) is 0 Å². The van der Waals surface area contributed by atoms with Crippen LogP contribution in [0.25, 0.3) is 0 Å². The van der Waals surface area contributed by atoms with Crippen LogP contribution in [0.15, 0.2) is 24.3 Å². The second-order valence-corrected chi connectivity index (χ2v) is 5.18. The van der Waals surface area contributed by atoms with Crippen molar-refractivity contribution in [1.29, 1.82) is 0 Å². The predicted molar refractivity (Wildman–Crippen MR) is 72.3 cm³/mol. The fraction of sp³-hybridized carbons (Fsp3) is 0.500. The summed E-state index contributed by atoms with van der Waals surface area (Å²) in [6.45, 7) is 2.69. The predicted octanol–water partition coefficient (Wildman–Crippen LogP) is 2.71. The van der Waals surface area contributed by atoms with Crippen LogP contribution in [-0.4, -0.2) is 29.7 Å². The first-order valence-electron chi connectivity index (χ1n) is 5.29. The summed E-state index contributed by atoms with van der Waals surface area (Å²) in [5.74, 6) is 1.05. The molecule has 0 aliphatic carbocycles. The maximum atomic E-state index is 9.92. The molecule has 16 heavy (non-hydrogen) atoms. The van der Waals surface area contributed by atoms with Crippen molar-refractivity contribution in [3.05, 3.63) is 34.9 Å². The van der Waals surface area contributed by atoms with Crippen LogP contribution in [0, 0.1) is 0 Å². The summed E-state index contributed by atoms with van der Waals surface area (Å²) < 4.78 is 0. The number of rotatable bonds is 6. The van der Waals surface area contributed by atoms with Crippen LogP contribution in [0.5, 0.6) is 0 Å². The van der Waals surface area contributed by atoms with Crippen molar-refractivity contribution in [2.75, 3.05) is 18.6 Å². The molecule has 0 bridgehead atoms. The summed E-state index contributed by atoms with van der Waals surface area (Å²) in [6, 6.07) is 7.72. The summed E-state index contributed by atoms with van der Waals surface area (Å²) in [4.78, 5) is 0. The minimum Gasteiger partial charge on any atom is -0.387 e. The highest BCUT2D eigenvalue weighted by atomic mass is 35.5. The van der Waals surface area contributed by atoms with Crippen molar-refractivity contribution in [2.24, 2.45) is 0 Å². The van der Waals surface area contributed by atoms with E-state index in [9.17, 15) is 5.11 Å². The molecule has 1 rings (SSSR count). The van der Waals surface area contributed by atoms with Gasteiger partial charge in [-0.15, -0.1) is 0 Å². The lowest BCUT2D eigenvalue weighted by Gasteiger charge is -2.16. The number of benzene rings is 1. The molecule has 0 saturated heterocycles. The fourth-order valence-corrected chi connectivity index (χ4v) is 2.17. The van der Waals surface area contributed by atoms with Crippen molar-refractivity contribution in [3.63, 3.8) is 0 Å². The summed E-state index contributed by atoms with van der Waals surface area (Å²) >= 11 is 7.58. The second kappa shape index (κ2) is 7.17. The Morgan fingerprint density at radius 1 is 1.38 bits per heavy atom. The zero-order valence-electron chi connectivity index (χ0n) is 9.61. The molecule has 2 unspecified atom stereocenters. The van der Waals surface area contributed by atoms with Crippen LogP contribution in [0.2, 0.25) is 5.02 Å². The van der Waals surface area contributed by atoms with E-state index >= 15 is 0 Å². The molecule has 4 heteroatoms. The van der Waals surface area contributed by atoms with Crippen LogP contribution in [0.3, 0.4) is 0 Å². The smallest absolute Gasteiger partial charge is 0.0914 e. The number of halogens is 1. The van der Waals surface area contributed by atoms with Crippen LogP contribution in [-0.2, 0) is 0 Å². The first-order valence-corrected chi connectivity index (χ1v) is 7.06. The zero-order chi connectivity index (χ0) is 12.0. The van der Waals surface area contributed by atoms with Gasteiger partial charge in [-0.1, -0.05) is 23.7 Å². The molecular weight excluding hydrogens is 242 g/mol. The second-order valence-electron chi connectivity index (χ2n) is 3.83. The molecule has 0 fully saturated rings. The number of aliphatic hydroxyl groups is 1. The molecule has 0 spiro atoms. The Morgan fingerprint density at radius 3 is 2.56 bits per heavy atom. The van der Waals surface area contributed by atoms with Crippen LogP contribution in [0.1, 0.15) is 18.6 Å². The molecule has 2 atom stereocenters. The Kier molecular flexibility index (Phi) is 6.21. The maximum Gasteiger partial charge on any atom is 0.0914 e. The SMILES string of the molecule is CSCC(C)NCC(O)c1ccc(Cl)cc1. The van der Waals surface area contributed by atoms with Gasteiger partial charge in [0.1, 0.15) is 0 Å². The number of nitrogens with one attached hydrogen (secondary N) is 1. The van der Waals surface area contributed by atoms with Gasteiger partial charge in [0.25, 0.3) is 0 Å². The highest BCUT2D eigenvalue weighted by Gasteiger charge is 2.08. The van der Waals surface area contributed by atoms with E-state index in [2.05, 4.69) is 18.5 Å². The third-order valence-electron chi connectivity index (χ3n) is 2.33. The molecule has 0 amide bonds. The lowest BCUT2D eigenvalue weighted by Crippen LogP contribution is -2.32. The molecule has 1 aromatic rings. The quantitative estimate of drug-likeness (QED) is 0.824. The minimum absolute atomic E-state index is 0.414. The van der Waals surface area contributed by atoms with Gasteiger partial charge in [0, 0.05) is 23.4 Å². The van der Waals surface area contributed by atoms with E-state index in [0.29, 0.717) is 17.6 Å². The molecule has 90 valence electrons. The van der Waals surface area contributed by atoms with Gasteiger partial charge >= 0.3 is 0 Å². The van der Waals surface area contributed by atoms with E-state index < -0.39 is 6.10 Å². The molecule has 0 aliphatic heterocycles. The number of thioether (sulfide) groups is 1. The molecule has 1 aromatic carbocycles. The Labute approximate surface area is 106 Å². The number of hydrogen-bond acceptors (Lipinski definition) is 3. The van der Waals surface area contributed by atoms with Crippen molar-refractivity contribution in [1.82, 2.24) is 5.32 Å². The Bertz CT molecular complexity index is 304. The van der Waals surface area contributed by atoms with Crippen molar-refractivity contribution in [2.45, 2.75) is 19.1 Å². The third kappa shape index (κ3) is 4.74. The molecule has 0 radical (unpaired) electrons. The van der Waals surface area contributed by atoms with E-state index in [4.69, 9.17) is 11.6 Å². The average Bonchev–Trinajstić information content (AvgIpc) is 2.27. The maximum absolute atomic E-state index is 9.92. The lowest BCUT2D eigenvalue weighted by atomic mass is 10.1. The standard InChI is InChI=1S/C12H18ClNOS/c1-9(8-16-2)14-7-12(15)10-3-5-11(13)6-4-10/h3-6,9,12,14-15H,7-8H2,1-2H3. The molecule has 2 N–H and O–H groups in total.